The van der Waals surface area contributed by atoms with E-state index < -0.39 is 24.2 Å². The van der Waals surface area contributed by atoms with Gasteiger partial charge in [-0.1, -0.05) is 6.42 Å². The number of anilines is 1. The molecular formula is C15H23F3N4O. The summed E-state index contributed by atoms with van der Waals surface area (Å²) in [6.45, 7) is 6.27. The van der Waals surface area contributed by atoms with Crippen LogP contribution in [0.4, 0.5) is 23.7 Å². The van der Waals surface area contributed by atoms with E-state index in [1.807, 2.05) is 13.8 Å². The second kappa shape index (κ2) is 6.80. The van der Waals surface area contributed by atoms with Crippen molar-refractivity contribution in [3.8, 4) is 0 Å². The number of nitrogens with one attached hydrogen (secondary N) is 2. The Kier molecular flexibility index (Phi) is 5.21. The Morgan fingerprint density at radius 2 is 2.04 bits per heavy atom. The maximum absolute atomic E-state index is 12.8. The number of aromatic nitrogens is 2. The molecule has 1 aliphatic rings. The molecule has 0 aromatic carbocycles. The zero-order valence-electron chi connectivity index (χ0n) is 13.6. The van der Waals surface area contributed by atoms with Crippen LogP contribution < -0.4 is 10.6 Å². The van der Waals surface area contributed by atoms with Crippen molar-refractivity contribution >= 4 is 11.7 Å². The third kappa shape index (κ3) is 4.17. The van der Waals surface area contributed by atoms with Gasteiger partial charge in [-0.3, -0.25) is 4.68 Å². The maximum atomic E-state index is 12.8. The van der Waals surface area contributed by atoms with Crippen LogP contribution in [0.15, 0.2) is 0 Å². The summed E-state index contributed by atoms with van der Waals surface area (Å²) in [6, 6.07) is -0.920. The van der Waals surface area contributed by atoms with Crippen molar-refractivity contribution in [1.82, 2.24) is 15.1 Å². The van der Waals surface area contributed by atoms with Gasteiger partial charge in [0.25, 0.3) is 0 Å². The van der Waals surface area contributed by atoms with Crippen molar-refractivity contribution in [2.24, 2.45) is 5.92 Å². The molecule has 1 heterocycles. The summed E-state index contributed by atoms with van der Waals surface area (Å²) in [5, 5.41) is 9.68. The number of hydrogen-bond donors (Lipinski definition) is 2. The molecule has 5 nitrogen and oxygen atoms in total. The van der Waals surface area contributed by atoms with Gasteiger partial charge in [-0.15, -0.1) is 0 Å². The number of hydrogen-bond acceptors (Lipinski definition) is 2. The van der Waals surface area contributed by atoms with E-state index in [-0.39, 0.29) is 12.8 Å². The molecule has 23 heavy (non-hydrogen) atoms. The first-order valence-electron chi connectivity index (χ1n) is 7.90. The predicted molar refractivity (Wildman–Crippen MR) is 81.3 cm³/mol. The smallest absolute Gasteiger partial charge is 0.335 e. The average Bonchev–Trinajstić information content (AvgIpc) is 2.74. The van der Waals surface area contributed by atoms with Crippen LogP contribution in [-0.4, -0.2) is 28.0 Å². The van der Waals surface area contributed by atoms with Gasteiger partial charge in [0.05, 0.1) is 23.0 Å². The summed E-state index contributed by atoms with van der Waals surface area (Å²) in [7, 11) is 0. The van der Waals surface area contributed by atoms with Gasteiger partial charge >= 0.3 is 12.2 Å². The molecule has 2 N–H and O–H groups in total. The summed E-state index contributed by atoms with van der Waals surface area (Å²) in [6.07, 6.45) is -3.05. The van der Waals surface area contributed by atoms with Crippen LogP contribution >= 0.6 is 0 Å². The number of urea groups is 1. The first kappa shape index (κ1) is 17.6. The lowest BCUT2D eigenvalue weighted by atomic mass is 9.85. The SMILES string of the molecule is CCn1nc(C)c(NC(=O)NC2CCCC(C(F)(F)F)C2)c1C. The zero-order chi connectivity index (χ0) is 17.2. The van der Waals surface area contributed by atoms with Gasteiger partial charge < -0.3 is 10.6 Å². The highest BCUT2D eigenvalue weighted by molar-refractivity contribution is 5.90. The van der Waals surface area contributed by atoms with E-state index in [2.05, 4.69) is 15.7 Å². The fourth-order valence-electron chi connectivity index (χ4n) is 3.14. The molecule has 1 aromatic rings. The van der Waals surface area contributed by atoms with Crippen LogP contribution in [0.2, 0.25) is 0 Å². The van der Waals surface area contributed by atoms with Crippen molar-refractivity contribution in [2.75, 3.05) is 5.32 Å². The minimum Gasteiger partial charge on any atom is -0.335 e. The summed E-state index contributed by atoms with van der Waals surface area (Å²) < 4.78 is 40.2. The maximum Gasteiger partial charge on any atom is 0.391 e. The molecule has 2 rings (SSSR count). The molecule has 1 aromatic heterocycles. The quantitative estimate of drug-likeness (QED) is 0.885. The van der Waals surface area contributed by atoms with Gasteiger partial charge in [0.1, 0.15) is 0 Å². The second-order valence-corrected chi connectivity index (χ2v) is 6.06. The number of aryl methyl sites for hydroxylation is 2. The average molecular weight is 332 g/mol. The molecule has 0 bridgehead atoms. The monoisotopic (exact) mass is 332 g/mol. The fraction of sp³-hybridized carbons (Fsp3) is 0.733. The van der Waals surface area contributed by atoms with E-state index in [1.54, 1.807) is 11.6 Å². The highest BCUT2D eigenvalue weighted by Gasteiger charge is 2.42. The molecule has 0 aliphatic heterocycles. The lowest BCUT2D eigenvalue weighted by Gasteiger charge is -2.31. The van der Waals surface area contributed by atoms with Gasteiger partial charge in [0.2, 0.25) is 0 Å². The Balaban J connectivity index is 1.96. The van der Waals surface area contributed by atoms with Crippen LogP contribution in [-0.2, 0) is 6.54 Å². The highest BCUT2D eigenvalue weighted by atomic mass is 19.4. The first-order chi connectivity index (χ1) is 10.7. The lowest BCUT2D eigenvalue weighted by Crippen LogP contribution is -2.43. The molecule has 130 valence electrons. The number of amides is 2. The number of nitrogens with zero attached hydrogens (tertiary/aromatic N) is 2. The van der Waals surface area contributed by atoms with E-state index in [4.69, 9.17) is 0 Å². The lowest BCUT2D eigenvalue weighted by molar-refractivity contribution is -0.183. The van der Waals surface area contributed by atoms with Crippen LogP contribution in [0, 0.1) is 19.8 Å². The van der Waals surface area contributed by atoms with Crippen molar-refractivity contribution in [1.29, 1.82) is 0 Å². The van der Waals surface area contributed by atoms with Crippen molar-refractivity contribution < 1.29 is 18.0 Å². The van der Waals surface area contributed by atoms with E-state index in [9.17, 15) is 18.0 Å². The molecule has 8 heteroatoms. The summed E-state index contributed by atoms with van der Waals surface area (Å²) in [5.74, 6) is -1.33. The fourth-order valence-corrected chi connectivity index (χ4v) is 3.14. The molecule has 1 aliphatic carbocycles. The number of carbonyl (C=O) groups is 1. The first-order valence-corrected chi connectivity index (χ1v) is 7.90. The normalized spacial score (nSPS) is 22.0. The van der Waals surface area contributed by atoms with Gasteiger partial charge in [-0.05, 0) is 40.0 Å². The standard InChI is InChI=1S/C15H23F3N4O/c1-4-22-10(3)13(9(2)21-22)20-14(23)19-12-7-5-6-11(8-12)15(16,17)18/h11-12H,4-8H2,1-3H3,(H2,19,20,23). The Bertz CT molecular complexity index is 568. The summed E-state index contributed by atoms with van der Waals surface area (Å²) in [5.41, 5.74) is 2.14. The van der Waals surface area contributed by atoms with Crippen molar-refractivity contribution in [3.63, 3.8) is 0 Å². The highest BCUT2D eigenvalue weighted by Crippen LogP contribution is 2.37. The Morgan fingerprint density at radius 3 is 2.61 bits per heavy atom. The molecule has 0 radical (unpaired) electrons. The van der Waals surface area contributed by atoms with Gasteiger partial charge in [0, 0.05) is 12.6 Å². The third-order valence-corrected chi connectivity index (χ3v) is 4.39. The molecule has 1 fully saturated rings. The summed E-state index contributed by atoms with van der Waals surface area (Å²) in [4.78, 5) is 12.1. The Morgan fingerprint density at radius 1 is 1.35 bits per heavy atom. The number of alkyl halides is 3. The largest absolute Gasteiger partial charge is 0.391 e. The van der Waals surface area contributed by atoms with Crippen molar-refractivity contribution in [3.05, 3.63) is 11.4 Å². The van der Waals surface area contributed by atoms with Gasteiger partial charge in [-0.2, -0.15) is 18.3 Å². The molecule has 0 spiro atoms. The Labute approximate surface area is 133 Å². The van der Waals surface area contributed by atoms with E-state index in [0.29, 0.717) is 30.8 Å². The number of halogens is 3. The zero-order valence-corrected chi connectivity index (χ0v) is 13.6. The van der Waals surface area contributed by atoms with E-state index in [0.717, 1.165) is 5.69 Å². The Hall–Kier alpha value is -1.73. The molecule has 0 saturated heterocycles. The molecular weight excluding hydrogens is 309 g/mol. The molecule has 1 saturated carbocycles. The van der Waals surface area contributed by atoms with Crippen LogP contribution in [0.5, 0.6) is 0 Å². The third-order valence-electron chi connectivity index (χ3n) is 4.39. The summed E-state index contributed by atoms with van der Waals surface area (Å²) >= 11 is 0. The van der Waals surface area contributed by atoms with E-state index >= 15 is 0 Å². The number of rotatable bonds is 3. The number of carbonyl (C=O) groups excluding carboxylic acids is 1. The minimum absolute atomic E-state index is 0.0525. The second-order valence-electron chi connectivity index (χ2n) is 6.06. The van der Waals surface area contributed by atoms with Crippen LogP contribution in [0.25, 0.3) is 0 Å². The molecule has 2 unspecified atom stereocenters. The van der Waals surface area contributed by atoms with Crippen molar-refractivity contribution in [2.45, 2.75) is 65.2 Å². The van der Waals surface area contributed by atoms with Crippen LogP contribution in [0.3, 0.4) is 0 Å². The van der Waals surface area contributed by atoms with Gasteiger partial charge in [-0.25, -0.2) is 4.79 Å². The van der Waals surface area contributed by atoms with Gasteiger partial charge in [0.15, 0.2) is 0 Å². The van der Waals surface area contributed by atoms with Crippen LogP contribution in [0.1, 0.15) is 44.0 Å². The van der Waals surface area contributed by atoms with E-state index in [1.165, 1.54) is 0 Å². The predicted octanol–water partition coefficient (Wildman–Crippen LogP) is 3.76. The topological polar surface area (TPSA) is 59.0 Å². The molecule has 2 atom stereocenters. The minimum atomic E-state index is -4.19. The molecule has 2 amide bonds.